The summed E-state index contributed by atoms with van der Waals surface area (Å²) in [4.78, 5) is 10.7. The van der Waals surface area contributed by atoms with Crippen LogP contribution in [0.3, 0.4) is 0 Å². The minimum absolute atomic E-state index is 0.0353. The van der Waals surface area contributed by atoms with Crippen molar-refractivity contribution in [3.63, 3.8) is 0 Å². The van der Waals surface area contributed by atoms with Gasteiger partial charge in [0.05, 0.1) is 5.92 Å². The second-order valence-corrected chi connectivity index (χ2v) is 3.21. The molecule has 4 heteroatoms. The average molecular weight is 195 g/mol. The van der Waals surface area contributed by atoms with E-state index in [1.807, 2.05) is 0 Å². The standard InChI is InChI=1S/C10H13NO3/c1-6(10(13)14)9(11)7-4-2-3-5-8(7)12/h2-6,9,12H,11H2,1H3,(H,13,14). The van der Waals surface area contributed by atoms with Gasteiger partial charge in [-0.3, -0.25) is 4.79 Å². The number of hydrogen-bond acceptors (Lipinski definition) is 3. The Morgan fingerprint density at radius 3 is 2.50 bits per heavy atom. The molecule has 2 atom stereocenters. The number of hydrogen-bond donors (Lipinski definition) is 3. The van der Waals surface area contributed by atoms with Gasteiger partial charge < -0.3 is 15.9 Å². The molecule has 14 heavy (non-hydrogen) atoms. The lowest BCUT2D eigenvalue weighted by Gasteiger charge is -2.17. The van der Waals surface area contributed by atoms with Crippen LogP contribution in [0.15, 0.2) is 24.3 Å². The number of phenolic OH excluding ortho intramolecular Hbond substituents is 1. The molecule has 0 fully saturated rings. The molecular formula is C10H13NO3. The molecular weight excluding hydrogens is 182 g/mol. The third kappa shape index (κ3) is 2.03. The first-order chi connectivity index (χ1) is 6.54. The number of carboxylic acid groups (broad SMARTS) is 1. The van der Waals surface area contributed by atoms with E-state index in [0.29, 0.717) is 5.56 Å². The molecule has 1 aromatic rings. The zero-order chi connectivity index (χ0) is 10.7. The lowest BCUT2D eigenvalue weighted by molar-refractivity contribution is -0.141. The average Bonchev–Trinajstić information content (AvgIpc) is 2.16. The van der Waals surface area contributed by atoms with Gasteiger partial charge in [0.15, 0.2) is 0 Å². The second kappa shape index (κ2) is 4.11. The molecule has 0 radical (unpaired) electrons. The van der Waals surface area contributed by atoms with Crippen LogP contribution in [0.4, 0.5) is 0 Å². The molecule has 0 amide bonds. The first kappa shape index (κ1) is 10.5. The van der Waals surface area contributed by atoms with Crippen molar-refractivity contribution < 1.29 is 15.0 Å². The Hall–Kier alpha value is -1.55. The number of phenols is 1. The Bertz CT molecular complexity index is 338. The Kier molecular flexibility index (Phi) is 3.09. The van der Waals surface area contributed by atoms with E-state index >= 15 is 0 Å². The van der Waals surface area contributed by atoms with E-state index in [1.165, 1.54) is 13.0 Å². The molecule has 0 aliphatic carbocycles. The summed E-state index contributed by atoms with van der Waals surface area (Å²) >= 11 is 0. The van der Waals surface area contributed by atoms with Crippen LogP contribution in [-0.2, 0) is 4.79 Å². The highest BCUT2D eigenvalue weighted by molar-refractivity contribution is 5.71. The maximum absolute atomic E-state index is 10.7. The predicted molar refractivity (Wildman–Crippen MR) is 51.8 cm³/mol. The Morgan fingerprint density at radius 2 is 2.00 bits per heavy atom. The van der Waals surface area contributed by atoms with Gasteiger partial charge in [-0.05, 0) is 6.07 Å². The van der Waals surface area contributed by atoms with E-state index in [1.54, 1.807) is 18.2 Å². The minimum Gasteiger partial charge on any atom is -0.508 e. The van der Waals surface area contributed by atoms with Crippen molar-refractivity contribution >= 4 is 5.97 Å². The number of carboxylic acids is 1. The summed E-state index contributed by atoms with van der Waals surface area (Å²) in [5, 5.41) is 18.2. The van der Waals surface area contributed by atoms with Crippen molar-refractivity contribution in [2.24, 2.45) is 11.7 Å². The third-order valence-electron chi connectivity index (χ3n) is 2.22. The van der Waals surface area contributed by atoms with E-state index < -0.39 is 17.9 Å². The summed E-state index contributed by atoms with van der Waals surface area (Å²) in [5.41, 5.74) is 6.16. The fraction of sp³-hybridized carbons (Fsp3) is 0.300. The lowest BCUT2D eigenvalue weighted by atomic mass is 9.95. The molecule has 76 valence electrons. The van der Waals surface area contributed by atoms with Crippen molar-refractivity contribution in [3.05, 3.63) is 29.8 Å². The monoisotopic (exact) mass is 195 g/mol. The van der Waals surface area contributed by atoms with E-state index in [-0.39, 0.29) is 5.75 Å². The van der Waals surface area contributed by atoms with Crippen molar-refractivity contribution in [2.45, 2.75) is 13.0 Å². The number of rotatable bonds is 3. The highest BCUT2D eigenvalue weighted by Crippen LogP contribution is 2.26. The Balaban J connectivity index is 2.94. The molecule has 0 spiro atoms. The van der Waals surface area contributed by atoms with Crippen LogP contribution < -0.4 is 5.73 Å². The summed E-state index contributed by atoms with van der Waals surface area (Å²) in [6.45, 7) is 1.51. The van der Waals surface area contributed by atoms with Crippen LogP contribution in [-0.4, -0.2) is 16.2 Å². The second-order valence-electron chi connectivity index (χ2n) is 3.21. The summed E-state index contributed by atoms with van der Waals surface area (Å²) in [6.07, 6.45) is 0. The quantitative estimate of drug-likeness (QED) is 0.674. The van der Waals surface area contributed by atoms with Crippen LogP contribution in [0.1, 0.15) is 18.5 Å². The van der Waals surface area contributed by atoms with Crippen molar-refractivity contribution in [1.82, 2.24) is 0 Å². The molecule has 4 N–H and O–H groups in total. The third-order valence-corrected chi connectivity index (χ3v) is 2.22. The van der Waals surface area contributed by atoms with Gasteiger partial charge in [0, 0.05) is 11.6 Å². The largest absolute Gasteiger partial charge is 0.508 e. The molecule has 0 aliphatic rings. The van der Waals surface area contributed by atoms with Crippen LogP contribution in [0.2, 0.25) is 0 Å². The van der Waals surface area contributed by atoms with Crippen LogP contribution in [0, 0.1) is 5.92 Å². The zero-order valence-corrected chi connectivity index (χ0v) is 7.84. The van der Waals surface area contributed by atoms with Gasteiger partial charge in [-0.15, -0.1) is 0 Å². The molecule has 1 aromatic carbocycles. The van der Waals surface area contributed by atoms with E-state index in [9.17, 15) is 9.90 Å². The van der Waals surface area contributed by atoms with Crippen LogP contribution in [0.5, 0.6) is 5.75 Å². The first-order valence-electron chi connectivity index (χ1n) is 4.30. The topological polar surface area (TPSA) is 83.5 Å². The molecule has 0 aromatic heterocycles. The molecule has 0 saturated carbocycles. The number of nitrogens with two attached hydrogens (primary N) is 1. The SMILES string of the molecule is CC(C(=O)O)C(N)c1ccccc1O. The molecule has 1 rings (SSSR count). The van der Waals surface area contributed by atoms with Gasteiger partial charge in [-0.2, -0.15) is 0 Å². The summed E-state index contributed by atoms with van der Waals surface area (Å²) < 4.78 is 0. The number of benzene rings is 1. The normalized spacial score (nSPS) is 14.7. The van der Waals surface area contributed by atoms with Gasteiger partial charge in [0.1, 0.15) is 5.75 Å². The lowest BCUT2D eigenvalue weighted by Crippen LogP contribution is -2.25. The van der Waals surface area contributed by atoms with Gasteiger partial charge in [0.2, 0.25) is 0 Å². The fourth-order valence-corrected chi connectivity index (χ4v) is 1.19. The molecule has 0 aliphatic heterocycles. The minimum atomic E-state index is -0.972. The summed E-state index contributed by atoms with van der Waals surface area (Å²) in [6, 6.07) is 5.80. The number of para-hydroxylation sites is 1. The Morgan fingerprint density at radius 1 is 1.43 bits per heavy atom. The maximum atomic E-state index is 10.7. The zero-order valence-electron chi connectivity index (χ0n) is 7.84. The van der Waals surface area contributed by atoms with Gasteiger partial charge in [-0.25, -0.2) is 0 Å². The Labute approximate surface area is 82.0 Å². The molecule has 0 bridgehead atoms. The first-order valence-corrected chi connectivity index (χ1v) is 4.30. The van der Waals surface area contributed by atoms with Crippen LogP contribution >= 0.6 is 0 Å². The molecule has 2 unspecified atom stereocenters. The number of carbonyl (C=O) groups is 1. The van der Waals surface area contributed by atoms with Crippen molar-refractivity contribution in [1.29, 1.82) is 0 Å². The van der Waals surface area contributed by atoms with Crippen molar-refractivity contribution in [2.75, 3.05) is 0 Å². The van der Waals surface area contributed by atoms with Gasteiger partial charge >= 0.3 is 5.97 Å². The summed E-state index contributed by atoms with van der Waals surface area (Å²) in [7, 11) is 0. The molecule has 0 saturated heterocycles. The predicted octanol–water partition coefficient (Wildman–Crippen LogP) is 1.11. The van der Waals surface area contributed by atoms with E-state index in [4.69, 9.17) is 10.8 Å². The highest BCUT2D eigenvalue weighted by atomic mass is 16.4. The fourth-order valence-electron chi connectivity index (χ4n) is 1.19. The van der Waals surface area contributed by atoms with E-state index in [2.05, 4.69) is 0 Å². The van der Waals surface area contributed by atoms with Gasteiger partial charge in [-0.1, -0.05) is 25.1 Å². The van der Waals surface area contributed by atoms with Crippen molar-refractivity contribution in [3.8, 4) is 5.75 Å². The molecule has 4 nitrogen and oxygen atoms in total. The van der Waals surface area contributed by atoms with Gasteiger partial charge in [0.25, 0.3) is 0 Å². The van der Waals surface area contributed by atoms with E-state index in [0.717, 1.165) is 0 Å². The number of aliphatic carboxylic acids is 1. The number of aromatic hydroxyl groups is 1. The summed E-state index contributed by atoms with van der Waals surface area (Å²) in [5.74, 6) is -1.66. The smallest absolute Gasteiger partial charge is 0.308 e. The molecule has 0 heterocycles. The van der Waals surface area contributed by atoms with Crippen LogP contribution in [0.25, 0.3) is 0 Å². The highest BCUT2D eigenvalue weighted by Gasteiger charge is 2.23. The maximum Gasteiger partial charge on any atom is 0.308 e.